The van der Waals surface area contributed by atoms with Gasteiger partial charge in [-0.05, 0) is 12.2 Å². The van der Waals surface area contributed by atoms with E-state index in [1.54, 1.807) is 0 Å². The van der Waals surface area contributed by atoms with Gasteiger partial charge in [0, 0.05) is 5.57 Å². The van der Waals surface area contributed by atoms with E-state index >= 15 is 0 Å². The molecule has 0 bridgehead atoms. The Morgan fingerprint density at radius 1 is 1.55 bits per heavy atom. The summed E-state index contributed by atoms with van der Waals surface area (Å²) in [5.74, 6) is -3.12. The van der Waals surface area contributed by atoms with E-state index in [2.05, 4.69) is 11.5 Å². The highest BCUT2D eigenvalue weighted by Gasteiger charge is 2.57. The van der Waals surface area contributed by atoms with Gasteiger partial charge < -0.3 is 5.11 Å². The van der Waals surface area contributed by atoms with Gasteiger partial charge in [-0.25, -0.2) is 0 Å². The van der Waals surface area contributed by atoms with Gasteiger partial charge in [-0.2, -0.15) is 8.78 Å². The van der Waals surface area contributed by atoms with E-state index < -0.39 is 12.0 Å². The highest BCUT2D eigenvalue weighted by Crippen LogP contribution is 2.47. The van der Waals surface area contributed by atoms with Crippen LogP contribution in [-0.4, -0.2) is 17.1 Å². The maximum atomic E-state index is 12.6. The lowest BCUT2D eigenvalue weighted by atomic mass is 9.77. The second-order valence-corrected chi connectivity index (χ2v) is 2.46. The summed E-state index contributed by atoms with van der Waals surface area (Å²) in [5.41, 5.74) is 4.71. The number of aliphatic hydroxyl groups is 1. The molecule has 0 aromatic carbocycles. The number of allylic oxidation sites excluding steroid dienone is 2. The first-order valence-electron chi connectivity index (χ1n) is 3.12. The molecule has 1 N–H and O–H groups in total. The second kappa shape index (κ2) is 1.72. The number of hydrogen-bond acceptors (Lipinski definition) is 1. The Kier molecular flexibility index (Phi) is 1.02. The zero-order valence-electron chi connectivity index (χ0n) is 5.44. The third-order valence-corrected chi connectivity index (χ3v) is 1.80. The fraction of sp³-hybridized carbons (Fsp3) is 0.250. The lowest BCUT2D eigenvalue weighted by Gasteiger charge is -2.37. The molecule has 0 amide bonds. The van der Waals surface area contributed by atoms with Crippen LogP contribution in [0.3, 0.4) is 0 Å². The van der Waals surface area contributed by atoms with Crippen LogP contribution in [0.2, 0.25) is 0 Å². The van der Waals surface area contributed by atoms with Crippen LogP contribution in [-0.2, 0) is 0 Å². The first kappa shape index (κ1) is 6.56. The van der Waals surface area contributed by atoms with Crippen molar-refractivity contribution >= 4 is 0 Å². The summed E-state index contributed by atoms with van der Waals surface area (Å²) in [4.78, 5) is 0. The predicted octanol–water partition coefficient (Wildman–Crippen LogP) is 1.17. The molecule has 1 atom stereocenters. The molecule has 0 saturated heterocycles. The van der Waals surface area contributed by atoms with Crippen molar-refractivity contribution in [1.29, 1.82) is 0 Å². The van der Waals surface area contributed by atoms with Crippen molar-refractivity contribution in [3.63, 3.8) is 0 Å². The highest BCUT2D eigenvalue weighted by molar-refractivity contribution is 5.54. The topological polar surface area (TPSA) is 20.2 Å². The van der Waals surface area contributed by atoms with E-state index in [0.29, 0.717) is 0 Å². The average Bonchev–Trinajstić information content (AvgIpc) is 2.04. The molecule has 56 valence electrons. The second-order valence-electron chi connectivity index (χ2n) is 2.46. The van der Waals surface area contributed by atoms with Crippen LogP contribution in [0, 0.1) is 0 Å². The third-order valence-electron chi connectivity index (χ3n) is 1.80. The lowest BCUT2D eigenvalue weighted by Crippen LogP contribution is -2.48. The molecule has 0 aromatic rings. The summed E-state index contributed by atoms with van der Waals surface area (Å²) in [7, 11) is 0. The van der Waals surface area contributed by atoms with E-state index in [0.717, 1.165) is 0 Å². The number of alkyl halides is 2. The maximum Gasteiger partial charge on any atom is 0.310 e. The Morgan fingerprint density at radius 3 is 2.91 bits per heavy atom. The van der Waals surface area contributed by atoms with Gasteiger partial charge in [0.1, 0.15) is 6.10 Å². The van der Waals surface area contributed by atoms with Crippen LogP contribution in [0.1, 0.15) is 0 Å². The first-order chi connectivity index (χ1) is 5.14. The van der Waals surface area contributed by atoms with E-state index in [9.17, 15) is 8.78 Å². The summed E-state index contributed by atoms with van der Waals surface area (Å²) in [6, 6.07) is 0. The third kappa shape index (κ3) is 0.623. The zero-order chi connectivity index (χ0) is 8.06. The van der Waals surface area contributed by atoms with Gasteiger partial charge in [-0.3, -0.25) is 0 Å². The van der Waals surface area contributed by atoms with Crippen LogP contribution in [0.4, 0.5) is 8.78 Å². The summed E-state index contributed by atoms with van der Waals surface area (Å²) >= 11 is 0. The molecule has 0 heterocycles. The molecule has 0 aromatic heterocycles. The molecule has 2 aliphatic rings. The Balaban J connectivity index is 2.56. The van der Waals surface area contributed by atoms with Crippen molar-refractivity contribution in [2.75, 3.05) is 0 Å². The standard InChI is InChI=1S/C8H4F2O/c9-8(10)6-4-2-1-3-5(6)7(8)11/h1,3,7,11H. The highest BCUT2D eigenvalue weighted by atomic mass is 19.3. The predicted molar refractivity (Wildman–Crippen MR) is 34.1 cm³/mol. The zero-order valence-corrected chi connectivity index (χ0v) is 5.44. The van der Waals surface area contributed by atoms with Crippen molar-refractivity contribution in [3.05, 3.63) is 34.8 Å². The van der Waals surface area contributed by atoms with Gasteiger partial charge in [-0.15, -0.1) is 0 Å². The van der Waals surface area contributed by atoms with Gasteiger partial charge in [-0.1, -0.05) is 11.5 Å². The Morgan fingerprint density at radius 2 is 2.27 bits per heavy atom. The van der Waals surface area contributed by atoms with Crippen LogP contribution in [0.5, 0.6) is 0 Å². The van der Waals surface area contributed by atoms with Crippen molar-refractivity contribution in [3.8, 4) is 0 Å². The van der Waals surface area contributed by atoms with Gasteiger partial charge in [0.2, 0.25) is 0 Å². The molecule has 1 nitrogen and oxygen atoms in total. The molecule has 11 heavy (non-hydrogen) atoms. The van der Waals surface area contributed by atoms with Crippen LogP contribution in [0.25, 0.3) is 0 Å². The van der Waals surface area contributed by atoms with Gasteiger partial charge in [0.15, 0.2) is 0 Å². The van der Waals surface area contributed by atoms with Gasteiger partial charge in [0.25, 0.3) is 0 Å². The van der Waals surface area contributed by atoms with Crippen molar-refractivity contribution in [2.24, 2.45) is 0 Å². The Hall–Kier alpha value is -1.14. The van der Waals surface area contributed by atoms with Crippen LogP contribution < -0.4 is 0 Å². The molecule has 3 heteroatoms. The molecule has 2 rings (SSSR count). The summed E-state index contributed by atoms with van der Waals surface area (Å²) in [5, 5.41) is 8.84. The number of halogens is 2. The minimum Gasteiger partial charge on any atom is -0.382 e. The summed E-state index contributed by atoms with van der Waals surface area (Å²) in [6.45, 7) is 0. The average molecular weight is 154 g/mol. The van der Waals surface area contributed by atoms with Gasteiger partial charge in [0.05, 0.1) is 5.57 Å². The van der Waals surface area contributed by atoms with Crippen molar-refractivity contribution in [2.45, 2.75) is 12.0 Å². The minimum atomic E-state index is -3.12. The molecule has 1 unspecified atom stereocenters. The molecule has 0 aliphatic heterocycles. The Bertz CT molecular complexity index is 339. The van der Waals surface area contributed by atoms with Crippen molar-refractivity contribution in [1.82, 2.24) is 0 Å². The van der Waals surface area contributed by atoms with Crippen LogP contribution in [0.15, 0.2) is 34.8 Å². The maximum absolute atomic E-state index is 12.6. The van der Waals surface area contributed by atoms with E-state index in [4.69, 9.17) is 5.11 Å². The summed E-state index contributed by atoms with van der Waals surface area (Å²) in [6.07, 6.45) is 1.23. The molecule has 1 saturated carbocycles. The van der Waals surface area contributed by atoms with E-state index in [1.165, 1.54) is 12.2 Å². The quantitative estimate of drug-likeness (QED) is 0.519. The minimum absolute atomic E-state index is 0.229. The SMILES string of the molecule is OC1C2=CC=C=C=C2C1(F)F. The number of rotatable bonds is 0. The fourth-order valence-electron chi connectivity index (χ4n) is 1.16. The monoisotopic (exact) mass is 154 g/mol. The molecular weight excluding hydrogens is 150 g/mol. The number of aliphatic hydroxyl groups excluding tert-OH is 1. The Labute approximate surface area is 61.6 Å². The fourth-order valence-corrected chi connectivity index (χ4v) is 1.16. The molecule has 2 aliphatic carbocycles. The smallest absolute Gasteiger partial charge is 0.310 e. The van der Waals surface area contributed by atoms with Crippen molar-refractivity contribution < 1.29 is 13.9 Å². The van der Waals surface area contributed by atoms with E-state index in [1.807, 2.05) is 0 Å². The molecule has 1 fully saturated rings. The number of fused-ring (bicyclic) bond motifs is 1. The largest absolute Gasteiger partial charge is 0.382 e. The summed E-state index contributed by atoms with van der Waals surface area (Å²) < 4.78 is 25.2. The van der Waals surface area contributed by atoms with E-state index in [-0.39, 0.29) is 11.1 Å². The normalized spacial score (nSPS) is 30.3. The molecule has 0 spiro atoms. The van der Waals surface area contributed by atoms with Crippen LogP contribution >= 0.6 is 0 Å². The lowest BCUT2D eigenvalue weighted by molar-refractivity contribution is -0.0912. The first-order valence-corrected chi connectivity index (χ1v) is 3.12. The molecule has 0 radical (unpaired) electrons. The molecular formula is C8H4F2O. The van der Waals surface area contributed by atoms with Gasteiger partial charge >= 0.3 is 5.92 Å². The number of hydrogen-bond donors (Lipinski definition) is 1.